The lowest BCUT2D eigenvalue weighted by Crippen LogP contribution is -2.19. The first-order valence-corrected chi connectivity index (χ1v) is 5.06. The molecular formula is C9H14BrN3. The van der Waals surface area contributed by atoms with Crippen LogP contribution in [0.4, 0.5) is 11.5 Å². The minimum atomic E-state index is 0.681. The van der Waals surface area contributed by atoms with Gasteiger partial charge in [-0.2, -0.15) is 0 Å². The van der Waals surface area contributed by atoms with Crippen LogP contribution in [0.15, 0.2) is 16.7 Å². The second-order valence-electron chi connectivity index (χ2n) is 3.00. The highest BCUT2D eigenvalue weighted by molar-refractivity contribution is 9.10. The monoisotopic (exact) mass is 243 g/mol. The number of rotatable bonds is 3. The fraction of sp³-hybridized carbons (Fsp3) is 0.444. The lowest BCUT2D eigenvalue weighted by atomic mass is 10.3. The number of hydrogen-bond acceptors (Lipinski definition) is 3. The molecule has 1 aromatic heterocycles. The highest BCUT2D eigenvalue weighted by atomic mass is 79.9. The summed E-state index contributed by atoms with van der Waals surface area (Å²) < 4.78 is 0.948. The zero-order valence-corrected chi connectivity index (χ0v) is 9.50. The highest BCUT2D eigenvalue weighted by Crippen LogP contribution is 2.24. The van der Waals surface area contributed by atoms with Crippen LogP contribution < -0.4 is 10.6 Å². The Balaban J connectivity index is 2.88. The maximum absolute atomic E-state index is 5.59. The molecule has 0 aromatic carbocycles. The lowest BCUT2D eigenvalue weighted by molar-refractivity contribution is 0.836. The van der Waals surface area contributed by atoms with Crippen LogP contribution in [-0.2, 0) is 0 Å². The third-order valence-electron chi connectivity index (χ3n) is 1.76. The molecule has 0 bridgehead atoms. The zero-order chi connectivity index (χ0) is 9.84. The summed E-state index contributed by atoms with van der Waals surface area (Å²) in [6, 6.07) is 1.87. The number of anilines is 2. The summed E-state index contributed by atoms with van der Waals surface area (Å²) in [5.41, 5.74) is 6.27. The Bertz CT molecular complexity index is 288. The number of hydrogen-bond donors (Lipinski definition) is 1. The molecule has 0 aliphatic heterocycles. The van der Waals surface area contributed by atoms with Crippen LogP contribution in [0.3, 0.4) is 0 Å². The summed E-state index contributed by atoms with van der Waals surface area (Å²) in [6.07, 6.45) is 2.78. The Morgan fingerprint density at radius 3 is 2.85 bits per heavy atom. The van der Waals surface area contributed by atoms with Gasteiger partial charge in [-0.1, -0.05) is 6.92 Å². The molecule has 0 aliphatic carbocycles. The molecule has 0 radical (unpaired) electrons. The Kier molecular flexibility index (Phi) is 3.54. The predicted molar refractivity (Wildman–Crippen MR) is 59.9 cm³/mol. The van der Waals surface area contributed by atoms with Crippen molar-refractivity contribution in [1.82, 2.24) is 4.98 Å². The summed E-state index contributed by atoms with van der Waals surface area (Å²) in [5.74, 6) is 0.941. The normalized spacial score (nSPS) is 10.1. The molecule has 0 spiro atoms. The molecule has 0 atom stereocenters. The molecule has 72 valence electrons. The van der Waals surface area contributed by atoms with Gasteiger partial charge < -0.3 is 10.6 Å². The summed E-state index contributed by atoms with van der Waals surface area (Å²) in [6.45, 7) is 3.14. The molecule has 3 nitrogen and oxygen atoms in total. The quantitative estimate of drug-likeness (QED) is 0.886. The van der Waals surface area contributed by atoms with E-state index in [1.807, 2.05) is 13.1 Å². The molecule has 0 aliphatic rings. The number of nitrogen functional groups attached to an aromatic ring is 1. The first-order valence-electron chi connectivity index (χ1n) is 4.27. The third kappa shape index (κ3) is 2.59. The van der Waals surface area contributed by atoms with Crippen LogP contribution in [0.5, 0.6) is 0 Å². The van der Waals surface area contributed by atoms with Crippen molar-refractivity contribution in [1.29, 1.82) is 0 Å². The number of nitrogens with two attached hydrogens (primary N) is 1. The standard InChI is InChI=1S/C9H14BrN3/c1-3-4-13(2)9-8(10)5-7(11)6-12-9/h5-6H,3-4,11H2,1-2H3. The van der Waals surface area contributed by atoms with E-state index in [4.69, 9.17) is 5.73 Å². The second-order valence-corrected chi connectivity index (χ2v) is 3.85. The van der Waals surface area contributed by atoms with E-state index in [1.165, 1.54) is 0 Å². The maximum Gasteiger partial charge on any atom is 0.142 e. The number of pyridine rings is 1. The maximum atomic E-state index is 5.59. The van der Waals surface area contributed by atoms with Crippen molar-refractivity contribution < 1.29 is 0 Å². The fourth-order valence-electron chi connectivity index (χ4n) is 1.17. The number of nitrogens with zero attached hydrogens (tertiary/aromatic N) is 2. The van der Waals surface area contributed by atoms with Crippen molar-refractivity contribution in [2.45, 2.75) is 13.3 Å². The van der Waals surface area contributed by atoms with Crippen LogP contribution in [0, 0.1) is 0 Å². The van der Waals surface area contributed by atoms with Gasteiger partial charge in [0.1, 0.15) is 5.82 Å². The summed E-state index contributed by atoms with van der Waals surface area (Å²) in [5, 5.41) is 0. The van der Waals surface area contributed by atoms with Crippen molar-refractivity contribution in [3.8, 4) is 0 Å². The molecule has 1 rings (SSSR count). The summed E-state index contributed by atoms with van der Waals surface area (Å²) in [4.78, 5) is 6.35. The molecule has 0 fully saturated rings. The van der Waals surface area contributed by atoms with E-state index in [0.29, 0.717) is 5.69 Å². The molecule has 1 heterocycles. The number of halogens is 1. The molecule has 1 aromatic rings. The largest absolute Gasteiger partial charge is 0.397 e. The van der Waals surface area contributed by atoms with Gasteiger partial charge in [0.05, 0.1) is 16.4 Å². The zero-order valence-electron chi connectivity index (χ0n) is 7.92. The molecule has 0 saturated heterocycles. The van der Waals surface area contributed by atoms with Crippen molar-refractivity contribution in [2.75, 3.05) is 24.2 Å². The molecule has 0 saturated carbocycles. The number of aromatic nitrogens is 1. The van der Waals surface area contributed by atoms with Gasteiger partial charge in [0, 0.05) is 13.6 Å². The Hall–Kier alpha value is -0.770. The summed E-state index contributed by atoms with van der Waals surface area (Å²) >= 11 is 3.43. The van der Waals surface area contributed by atoms with Crippen LogP contribution in [0.1, 0.15) is 13.3 Å². The van der Waals surface area contributed by atoms with Crippen molar-refractivity contribution >= 4 is 27.4 Å². The van der Waals surface area contributed by atoms with Crippen LogP contribution in [0.25, 0.3) is 0 Å². The molecule has 2 N–H and O–H groups in total. The van der Waals surface area contributed by atoms with Crippen LogP contribution in [-0.4, -0.2) is 18.6 Å². The molecule has 0 amide bonds. The third-order valence-corrected chi connectivity index (χ3v) is 2.35. The van der Waals surface area contributed by atoms with Gasteiger partial charge in [-0.05, 0) is 28.4 Å². The van der Waals surface area contributed by atoms with E-state index >= 15 is 0 Å². The average Bonchev–Trinajstić information content (AvgIpc) is 2.04. The van der Waals surface area contributed by atoms with Crippen LogP contribution in [0.2, 0.25) is 0 Å². The SMILES string of the molecule is CCCN(C)c1ncc(N)cc1Br. The van der Waals surface area contributed by atoms with E-state index < -0.39 is 0 Å². The predicted octanol–water partition coefficient (Wildman–Crippen LogP) is 2.27. The van der Waals surface area contributed by atoms with Crippen LogP contribution >= 0.6 is 15.9 Å². The topological polar surface area (TPSA) is 42.2 Å². The molecule has 4 heteroatoms. The molecule has 0 unspecified atom stereocenters. The van der Waals surface area contributed by atoms with Crippen molar-refractivity contribution in [3.05, 3.63) is 16.7 Å². The smallest absolute Gasteiger partial charge is 0.142 e. The Morgan fingerprint density at radius 1 is 1.62 bits per heavy atom. The lowest BCUT2D eigenvalue weighted by Gasteiger charge is -2.18. The minimum absolute atomic E-state index is 0.681. The Morgan fingerprint density at radius 2 is 2.31 bits per heavy atom. The average molecular weight is 244 g/mol. The van der Waals surface area contributed by atoms with Gasteiger partial charge in [0.15, 0.2) is 0 Å². The molecular weight excluding hydrogens is 230 g/mol. The second kappa shape index (κ2) is 4.46. The van der Waals surface area contributed by atoms with Gasteiger partial charge in [0.2, 0.25) is 0 Å². The van der Waals surface area contributed by atoms with Gasteiger partial charge in [0.25, 0.3) is 0 Å². The summed E-state index contributed by atoms with van der Waals surface area (Å²) in [7, 11) is 2.02. The highest BCUT2D eigenvalue weighted by Gasteiger charge is 2.05. The van der Waals surface area contributed by atoms with Crippen molar-refractivity contribution in [3.63, 3.8) is 0 Å². The van der Waals surface area contributed by atoms with Gasteiger partial charge in [-0.15, -0.1) is 0 Å². The molecule has 13 heavy (non-hydrogen) atoms. The Labute approximate surface area is 87.1 Å². The first-order chi connectivity index (χ1) is 6.15. The van der Waals surface area contributed by atoms with Crippen molar-refractivity contribution in [2.24, 2.45) is 0 Å². The van der Waals surface area contributed by atoms with E-state index in [2.05, 4.69) is 32.7 Å². The van der Waals surface area contributed by atoms with E-state index in [1.54, 1.807) is 6.20 Å². The van der Waals surface area contributed by atoms with Gasteiger partial charge in [-0.25, -0.2) is 4.98 Å². The van der Waals surface area contributed by atoms with E-state index in [-0.39, 0.29) is 0 Å². The minimum Gasteiger partial charge on any atom is -0.397 e. The first kappa shape index (κ1) is 10.3. The fourth-order valence-corrected chi connectivity index (χ4v) is 1.84. The van der Waals surface area contributed by atoms with E-state index in [0.717, 1.165) is 23.3 Å². The van der Waals surface area contributed by atoms with Gasteiger partial charge in [-0.3, -0.25) is 0 Å². The van der Waals surface area contributed by atoms with Gasteiger partial charge >= 0.3 is 0 Å². The van der Waals surface area contributed by atoms with E-state index in [9.17, 15) is 0 Å².